The molecule has 2 aromatic rings. The van der Waals surface area contributed by atoms with Gasteiger partial charge in [-0.15, -0.1) is 5.10 Å². The monoisotopic (exact) mass is 275 g/mol. The van der Waals surface area contributed by atoms with E-state index in [1.807, 2.05) is 12.1 Å². The average Bonchev–Trinajstić information content (AvgIpc) is 3.00. The van der Waals surface area contributed by atoms with Gasteiger partial charge < -0.3 is 15.3 Å². The summed E-state index contributed by atoms with van der Waals surface area (Å²) in [5, 5.41) is 19.4. The van der Waals surface area contributed by atoms with Crippen molar-refractivity contribution >= 4 is 11.7 Å². The van der Waals surface area contributed by atoms with Gasteiger partial charge in [0.05, 0.1) is 30.7 Å². The van der Waals surface area contributed by atoms with Crippen LogP contribution >= 0.6 is 0 Å². The molecule has 0 saturated carbocycles. The van der Waals surface area contributed by atoms with E-state index in [-0.39, 0.29) is 18.7 Å². The standard InChI is InChI=1S/C13H17N5O2/c1-10(9-19)17(2)13(20)15-11-3-5-12(6-4-11)18-8-7-14-16-18/h3-8,10,19H,9H2,1-2H3,(H,15,20). The SMILES string of the molecule is CC(CO)N(C)C(=O)Nc1ccc(-n2ccnn2)cc1. The normalized spacial score (nSPS) is 11.9. The van der Waals surface area contributed by atoms with Gasteiger partial charge in [-0.2, -0.15) is 0 Å². The Kier molecular flexibility index (Phi) is 4.31. The van der Waals surface area contributed by atoms with Crippen LogP contribution in [0.4, 0.5) is 10.5 Å². The van der Waals surface area contributed by atoms with Gasteiger partial charge in [-0.1, -0.05) is 5.21 Å². The number of likely N-dealkylation sites (N-methyl/N-ethyl adjacent to an activating group) is 1. The van der Waals surface area contributed by atoms with Crippen LogP contribution in [-0.4, -0.2) is 50.7 Å². The van der Waals surface area contributed by atoms with Crippen molar-refractivity contribution in [3.8, 4) is 5.69 Å². The molecule has 1 aromatic heterocycles. The van der Waals surface area contributed by atoms with Crippen LogP contribution in [-0.2, 0) is 0 Å². The zero-order valence-corrected chi connectivity index (χ0v) is 11.4. The molecule has 1 atom stereocenters. The molecular formula is C13H17N5O2. The number of aliphatic hydroxyl groups excluding tert-OH is 1. The van der Waals surface area contributed by atoms with Gasteiger partial charge in [0, 0.05) is 12.7 Å². The minimum Gasteiger partial charge on any atom is -0.394 e. The van der Waals surface area contributed by atoms with E-state index in [1.54, 1.807) is 43.2 Å². The average molecular weight is 275 g/mol. The zero-order chi connectivity index (χ0) is 14.5. The minimum atomic E-state index is -0.264. The lowest BCUT2D eigenvalue weighted by atomic mass is 10.3. The van der Waals surface area contributed by atoms with Crippen LogP contribution in [0.25, 0.3) is 5.69 Å². The Hall–Kier alpha value is -2.41. The summed E-state index contributed by atoms with van der Waals surface area (Å²) in [7, 11) is 1.64. The number of nitrogens with zero attached hydrogens (tertiary/aromatic N) is 4. The molecule has 0 aliphatic carbocycles. The van der Waals surface area contributed by atoms with Crippen molar-refractivity contribution in [2.45, 2.75) is 13.0 Å². The van der Waals surface area contributed by atoms with Gasteiger partial charge in [0.1, 0.15) is 0 Å². The largest absolute Gasteiger partial charge is 0.394 e. The van der Waals surface area contributed by atoms with Gasteiger partial charge in [-0.05, 0) is 31.2 Å². The van der Waals surface area contributed by atoms with Gasteiger partial charge in [-0.3, -0.25) is 0 Å². The van der Waals surface area contributed by atoms with E-state index >= 15 is 0 Å². The second-order valence-corrected chi connectivity index (χ2v) is 4.47. The summed E-state index contributed by atoms with van der Waals surface area (Å²) >= 11 is 0. The van der Waals surface area contributed by atoms with E-state index in [1.165, 1.54) is 4.90 Å². The number of carbonyl (C=O) groups is 1. The Balaban J connectivity index is 2.02. The summed E-state index contributed by atoms with van der Waals surface area (Å²) in [6.45, 7) is 1.70. The molecule has 1 aromatic carbocycles. The highest BCUT2D eigenvalue weighted by Gasteiger charge is 2.14. The van der Waals surface area contributed by atoms with Crippen LogP contribution in [0.2, 0.25) is 0 Å². The van der Waals surface area contributed by atoms with Gasteiger partial charge in [0.15, 0.2) is 0 Å². The lowest BCUT2D eigenvalue weighted by molar-refractivity contribution is 0.166. The Bertz CT molecular complexity index is 553. The third-order valence-electron chi connectivity index (χ3n) is 3.05. The first-order chi connectivity index (χ1) is 9.61. The zero-order valence-electron chi connectivity index (χ0n) is 11.4. The molecule has 2 rings (SSSR count). The molecule has 0 aliphatic rings. The van der Waals surface area contributed by atoms with Crippen LogP contribution in [0.1, 0.15) is 6.92 Å². The summed E-state index contributed by atoms with van der Waals surface area (Å²) in [4.78, 5) is 13.4. The summed E-state index contributed by atoms with van der Waals surface area (Å²) in [6.07, 6.45) is 3.34. The number of hydrogen-bond donors (Lipinski definition) is 2. The predicted molar refractivity (Wildman–Crippen MR) is 74.7 cm³/mol. The van der Waals surface area contributed by atoms with Crippen molar-refractivity contribution in [2.24, 2.45) is 0 Å². The number of carbonyl (C=O) groups excluding carboxylic acids is 1. The Labute approximate surface area is 116 Å². The highest BCUT2D eigenvalue weighted by atomic mass is 16.3. The number of aliphatic hydroxyl groups is 1. The van der Waals surface area contributed by atoms with Gasteiger partial charge in [0.25, 0.3) is 0 Å². The number of amides is 2. The number of aromatic nitrogens is 3. The van der Waals surface area contributed by atoms with Crippen molar-refractivity contribution < 1.29 is 9.90 Å². The molecule has 7 heteroatoms. The lowest BCUT2D eigenvalue weighted by Gasteiger charge is -2.23. The number of anilines is 1. The van der Waals surface area contributed by atoms with Crippen molar-refractivity contribution in [1.82, 2.24) is 19.9 Å². The Morgan fingerprint density at radius 3 is 2.70 bits per heavy atom. The van der Waals surface area contributed by atoms with E-state index in [4.69, 9.17) is 5.11 Å². The van der Waals surface area contributed by atoms with Crippen LogP contribution in [0, 0.1) is 0 Å². The number of hydrogen-bond acceptors (Lipinski definition) is 4. The first kappa shape index (κ1) is 14.0. The summed E-state index contributed by atoms with van der Waals surface area (Å²) in [6, 6.07) is 6.74. The molecule has 106 valence electrons. The van der Waals surface area contributed by atoms with E-state index in [0.29, 0.717) is 5.69 Å². The predicted octanol–water partition coefficient (Wildman–Crippen LogP) is 1.11. The third kappa shape index (κ3) is 3.12. The fraction of sp³-hybridized carbons (Fsp3) is 0.308. The number of nitrogens with one attached hydrogen (secondary N) is 1. The van der Waals surface area contributed by atoms with Crippen LogP contribution in [0.3, 0.4) is 0 Å². The molecule has 2 amide bonds. The van der Waals surface area contributed by atoms with Crippen LogP contribution < -0.4 is 5.32 Å². The number of urea groups is 1. The van der Waals surface area contributed by atoms with Gasteiger partial charge in [0.2, 0.25) is 0 Å². The van der Waals surface area contributed by atoms with Crippen molar-refractivity contribution in [2.75, 3.05) is 19.0 Å². The Morgan fingerprint density at radius 1 is 1.45 bits per heavy atom. The fourth-order valence-electron chi connectivity index (χ4n) is 1.58. The summed E-state index contributed by atoms with van der Waals surface area (Å²) in [5.41, 5.74) is 1.54. The first-order valence-corrected chi connectivity index (χ1v) is 6.23. The molecule has 1 unspecified atom stereocenters. The quantitative estimate of drug-likeness (QED) is 0.875. The molecule has 0 fully saturated rings. The van der Waals surface area contributed by atoms with E-state index in [0.717, 1.165) is 5.69 Å². The topological polar surface area (TPSA) is 83.3 Å². The van der Waals surface area contributed by atoms with Crippen molar-refractivity contribution in [3.63, 3.8) is 0 Å². The molecule has 0 spiro atoms. The number of rotatable bonds is 4. The molecule has 0 saturated heterocycles. The fourth-order valence-corrected chi connectivity index (χ4v) is 1.58. The van der Waals surface area contributed by atoms with Crippen molar-refractivity contribution in [3.05, 3.63) is 36.7 Å². The molecule has 2 N–H and O–H groups in total. The molecule has 0 radical (unpaired) electrons. The first-order valence-electron chi connectivity index (χ1n) is 6.23. The lowest BCUT2D eigenvalue weighted by Crippen LogP contribution is -2.40. The Morgan fingerprint density at radius 2 is 2.15 bits per heavy atom. The smallest absolute Gasteiger partial charge is 0.321 e. The maximum absolute atomic E-state index is 11.9. The number of benzene rings is 1. The third-order valence-corrected chi connectivity index (χ3v) is 3.05. The van der Waals surface area contributed by atoms with Crippen LogP contribution in [0.5, 0.6) is 0 Å². The molecule has 20 heavy (non-hydrogen) atoms. The molecule has 1 heterocycles. The second-order valence-electron chi connectivity index (χ2n) is 4.47. The van der Waals surface area contributed by atoms with Crippen LogP contribution in [0.15, 0.2) is 36.7 Å². The highest BCUT2D eigenvalue weighted by molar-refractivity contribution is 5.89. The summed E-state index contributed by atoms with van der Waals surface area (Å²) in [5.74, 6) is 0. The highest BCUT2D eigenvalue weighted by Crippen LogP contribution is 2.13. The van der Waals surface area contributed by atoms with E-state index in [2.05, 4.69) is 15.6 Å². The minimum absolute atomic E-state index is 0.0742. The summed E-state index contributed by atoms with van der Waals surface area (Å²) < 4.78 is 1.63. The van der Waals surface area contributed by atoms with Gasteiger partial charge >= 0.3 is 6.03 Å². The maximum Gasteiger partial charge on any atom is 0.321 e. The molecule has 7 nitrogen and oxygen atoms in total. The molecule has 0 bridgehead atoms. The van der Waals surface area contributed by atoms with Crippen molar-refractivity contribution in [1.29, 1.82) is 0 Å². The van der Waals surface area contributed by atoms with E-state index in [9.17, 15) is 4.79 Å². The molecular weight excluding hydrogens is 258 g/mol. The maximum atomic E-state index is 11.9. The molecule has 0 aliphatic heterocycles. The van der Waals surface area contributed by atoms with E-state index < -0.39 is 0 Å². The van der Waals surface area contributed by atoms with Gasteiger partial charge in [-0.25, -0.2) is 9.48 Å². The second kappa shape index (κ2) is 6.16.